The van der Waals surface area contributed by atoms with Crippen LogP contribution in [0.5, 0.6) is 11.5 Å². The summed E-state index contributed by atoms with van der Waals surface area (Å²) in [6.45, 7) is 3.09. The fourth-order valence-electron chi connectivity index (χ4n) is 1.74. The van der Waals surface area contributed by atoms with E-state index in [1.54, 1.807) is 56.3 Å². The van der Waals surface area contributed by atoms with Crippen molar-refractivity contribution in [3.63, 3.8) is 0 Å². The maximum absolute atomic E-state index is 12.1. The van der Waals surface area contributed by atoms with Gasteiger partial charge in [-0.15, -0.1) is 0 Å². The summed E-state index contributed by atoms with van der Waals surface area (Å²) >= 11 is 6.08. The molecule has 0 radical (unpaired) electrons. The van der Waals surface area contributed by atoms with E-state index in [0.717, 1.165) is 0 Å². The summed E-state index contributed by atoms with van der Waals surface area (Å²) in [5.41, 5.74) is 5.90. The van der Waals surface area contributed by atoms with Crippen molar-refractivity contribution in [2.45, 2.75) is 13.8 Å². The minimum Gasteiger partial charge on any atom is -0.456 e. The van der Waals surface area contributed by atoms with Crippen LogP contribution in [-0.4, -0.2) is 17.6 Å². The molecule has 23 heavy (non-hydrogen) atoms. The Labute approximate surface area is 140 Å². The molecule has 1 amide bonds. The Kier molecular flexibility index (Phi) is 5.13. The molecular weight excluding hydrogens is 316 g/mol. The minimum atomic E-state index is -0.864. The molecule has 0 heterocycles. The van der Waals surface area contributed by atoms with Crippen molar-refractivity contribution in [1.82, 2.24) is 0 Å². The van der Waals surface area contributed by atoms with Gasteiger partial charge in [0.25, 0.3) is 0 Å². The molecule has 0 aliphatic rings. The molecule has 2 aromatic rings. The summed E-state index contributed by atoms with van der Waals surface area (Å²) in [4.78, 5) is 12.1. The Morgan fingerprint density at radius 3 is 2.70 bits per heavy atom. The third kappa shape index (κ3) is 4.37. The van der Waals surface area contributed by atoms with Crippen LogP contribution in [0, 0.1) is 5.41 Å². The topological polar surface area (TPSA) is 84.6 Å². The summed E-state index contributed by atoms with van der Waals surface area (Å²) in [5, 5.41) is 12.4. The van der Waals surface area contributed by atoms with Crippen molar-refractivity contribution in [3.8, 4) is 11.5 Å². The Morgan fingerprint density at radius 1 is 1.30 bits per heavy atom. The molecule has 0 spiro atoms. The minimum absolute atomic E-state index is 0.240. The maximum atomic E-state index is 12.1. The second-order valence-corrected chi connectivity index (χ2v) is 6.22. The van der Waals surface area contributed by atoms with Crippen LogP contribution in [0.25, 0.3) is 0 Å². The summed E-state index contributed by atoms with van der Waals surface area (Å²) < 4.78 is 5.71. The number of anilines is 2. The molecule has 2 aromatic carbocycles. The number of hydrogen-bond donors (Lipinski definition) is 3. The van der Waals surface area contributed by atoms with Gasteiger partial charge in [0.1, 0.15) is 11.5 Å². The smallest absolute Gasteiger partial charge is 0.232 e. The largest absolute Gasteiger partial charge is 0.456 e. The van der Waals surface area contributed by atoms with Gasteiger partial charge in [-0.1, -0.05) is 17.7 Å². The first-order valence-electron chi connectivity index (χ1n) is 7.07. The number of benzene rings is 2. The standard InChI is InChI=1S/C17H19ClN2O3/c1-17(2,10-21)16(22)20-12-4-3-5-13(9-12)23-15-7-6-11(19)8-14(15)18/h3-9,21H,10,19H2,1-2H3,(H,20,22). The van der Waals surface area contributed by atoms with Gasteiger partial charge in [0, 0.05) is 17.4 Å². The Morgan fingerprint density at radius 2 is 2.04 bits per heavy atom. The van der Waals surface area contributed by atoms with Crippen LogP contribution in [0.3, 0.4) is 0 Å². The Hall–Kier alpha value is -2.24. The van der Waals surface area contributed by atoms with Crippen LogP contribution >= 0.6 is 11.6 Å². The lowest BCUT2D eigenvalue weighted by molar-refractivity contribution is -0.125. The number of rotatable bonds is 5. The van der Waals surface area contributed by atoms with Crippen molar-refractivity contribution in [1.29, 1.82) is 0 Å². The van der Waals surface area contributed by atoms with E-state index in [4.69, 9.17) is 22.1 Å². The van der Waals surface area contributed by atoms with Gasteiger partial charge in [0.15, 0.2) is 0 Å². The van der Waals surface area contributed by atoms with E-state index >= 15 is 0 Å². The second kappa shape index (κ2) is 6.89. The third-order valence-corrected chi connectivity index (χ3v) is 3.58. The number of amides is 1. The number of nitrogens with one attached hydrogen (secondary N) is 1. The highest BCUT2D eigenvalue weighted by molar-refractivity contribution is 6.32. The number of carbonyl (C=O) groups excluding carboxylic acids is 1. The lowest BCUT2D eigenvalue weighted by Crippen LogP contribution is -2.33. The highest BCUT2D eigenvalue weighted by atomic mass is 35.5. The first-order chi connectivity index (χ1) is 10.8. The highest BCUT2D eigenvalue weighted by Gasteiger charge is 2.26. The molecular formula is C17H19ClN2O3. The Balaban J connectivity index is 2.15. The van der Waals surface area contributed by atoms with E-state index in [2.05, 4.69) is 5.32 Å². The molecule has 2 rings (SSSR count). The first-order valence-corrected chi connectivity index (χ1v) is 7.45. The summed E-state index contributed by atoms with van der Waals surface area (Å²) in [7, 11) is 0. The van der Waals surface area contributed by atoms with Crippen molar-refractivity contribution >= 4 is 28.9 Å². The van der Waals surface area contributed by atoms with E-state index in [1.807, 2.05) is 0 Å². The normalized spacial score (nSPS) is 11.1. The van der Waals surface area contributed by atoms with E-state index in [0.29, 0.717) is 27.9 Å². The summed E-state index contributed by atoms with van der Waals surface area (Å²) in [5.74, 6) is 0.721. The lowest BCUT2D eigenvalue weighted by atomic mass is 9.93. The van der Waals surface area contributed by atoms with Crippen molar-refractivity contribution in [2.24, 2.45) is 5.41 Å². The van der Waals surface area contributed by atoms with Crippen molar-refractivity contribution in [3.05, 3.63) is 47.5 Å². The summed E-state index contributed by atoms with van der Waals surface area (Å²) in [6, 6.07) is 11.9. The second-order valence-electron chi connectivity index (χ2n) is 5.82. The van der Waals surface area contributed by atoms with Crippen LogP contribution in [-0.2, 0) is 4.79 Å². The van der Waals surface area contributed by atoms with E-state index in [-0.39, 0.29) is 12.5 Å². The molecule has 0 unspecified atom stereocenters. The molecule has 122 valence electrons. The van der Waals surface area contributed by atoms with Gasteiger partial charge in [-0.05, 0) is 44.2 Å². The predicted molar refractivity (Wildman–Crippen MR) is 91.9 cm³/mol. The van der Waals surface area contributed by atoms with E-state index in [9.17, 15) is 9.90 Å². The monoisotopic (exact) mass is 334 g/mol. The van der Waals surface area contributed by atoms with Gasteiger partial charge in [-0.2, -0.15) is 0 Å². The zero-order valence-electron chi connectivity index (χ0n) is 13.0. The van der Waals surface area contributed by atoms with Gasteiger partial charge in [0.2, 0.25) is 5.91 Å². The van der Waals surface area contributed by atoms with Gasteiger partial charge in [-0.3, -0.25) is 4.79 Å². The molecule has 0 bridgehead atoms. The SMILES string of the molecule is CC(C)(CO)C(=O)Nc1cccc(Oc2ccc(N)cc2Cl)c1. The average Bonchev–Trinajstić information content (AvgIpc) is 2.50. The van der Waals surface area contributed by atoms with Crippen LogP contribution in [0.15, 0.2) is 42.5 Å². The van der Waals surface area contributed by atoms with Gasteiger partial charge in [0.05, 0.1) is 17.0 Å². The van der Waals surface area contributed by atoms with Crippen LogP contribution in [0.2, 0.25) is 5.02 Å². The molecule has 0 aliphatic heterocycles. The molecule has 0 fully saturated rings. The molecule has 0 saturated heterocycles. The zero-order valence-corrected chi connectivity index (χ0v) is 13.7. The molecule has 6 heteroatoms. The van der Waals surface area contributed by atoms with Gasteiger partial charge >= 0.3 is 0 Å². The average molecular weight is 335 g/mol. The molecule has 4 N–H and O–H groups in total. The third-order valence-electron chi connectivity index (χ3n) is 3.29. The van der Waals surface area contributed by atoms with Gasteiger partial charge < -0.3 is 20.9 Å². The van der Waals surface area contributed by atoms with Gasteiger partial charge in [-0.25, -0.2) is 0 Å². The van der Waals surface area contributed by atoms with E-state index < -0.39 is 5.41 Å². The maximum Gasteiger partial charge on any atom is 0.232 e. The Bertz CT molecular complexity index is 717. The number of aliphatic hydroxyl groups is 1. The number of hydrogen-bond acceptors (Lipinski definition) is 4. The molecule has 0 aromatic heterocycles. The number of nitrogen functional groups attached to an aromatic ring is 1. The molecule has 0 atom stereocenters. The number of carbonyl (C=O) groups is 1. The molecule has 5 nitrogen and oxygen atoms in total. The van der Waals surface area contributed by atoms with Crippen LogP contribution in [0.4, 0.5) is 11.4 Å². The fraction of sp³-hybridized carbons (Fsp3) is 0.235. The zero-order chi connectivity index (χ0) is 17.0. The number of nitrogens with two attached hydrogens (primary N) is 1. The van der Waals surface area contributed by atoms with Crippen LogP contribution < -0.4 is 15.8 Å². The highest BCUT2D eigenvalue weighted by Crippen LogP contribution is 2.32. The fourth-order valence-corrected chi connectivity index (χ4v) is 1.96. The number of aliphatic hydroxyl groups excluding tert-OH is 1. The first kappa shape index (κ1) is 17.1. The van der Waals surface area contributed by atoms with E-state index in [1.165, 1.54) is 0 Å². The summed E-state index contributed by atoms with van der Waals surface area (Å²) in [6.07, 6.45) is 0. The number of ether oxygens (including phenoxy) is 1. The predicted octanol–water partition coefficient (Wildman–Crippen LogP) is 3.67. The quantitative estimate of drug-likeness (QED) is 0.728. The van der Waals surface area contributed by atoms with Crippen LogP contribution in [0.1, 0.15) is 13.8 Å². The molecule has 0 aliphatic carbocycles. The molecule has 0 saturated carbocycles. The number of halogens is 1. The van der Waals surface area contributed by atoms with Crippen molar-refractivity contribution in [2.75, 3.05) is 17.7 Å². The lowest BCUT2D eigenvalue weighted by Gasteiger charge is -2.20. The van der Waals surface area contributed by atoms with Crippen molar-refractivity contribution < 1.29 is 14.6 Å².